The van der Waals surface area contributed by atoms with Crippen LogP contribution < -0.4 is 10.1 Å². The minimum Gasteiger partial charge on any atom is -0.490 e. The third-order valence-electron chi connectivity index (χ3n) is 1.67. The molecule has 4 heteroatoms. The Hall–Kier alpha value is -2.02. The van der Waals surface area contributed by atoms with E-state index in [1.54, 1.807) is 12.1 Å². The van der Waals surface area contributed by atoms with Crippen molar-refractivity contribution >= 4 is 11.6 Å². The van der Waals surface area contributed by atoms with Gasteiger partial charge in [0.2, 0.25) is 5.91 Å². The molecule has 1 rings (SSSR count). The third kappa shape index (κ3) is 3.69. The minimum atomic E-state index is -0.147. The molecule has 0 spiro atoms. The highest BCUT2D eigenvalue weighted by molar-refractivity contribution is 5.90. The van der Waals surface area contributed by atoms with E-state index in [1.165, 1.54) is 6.92 Å². The van der Waals surface area contributed by atoms with E-state index in [4.69, 9.17) is 10.00 Å². The molecule has 0 aromatic heterocycles. The number of nitriles is 1. The summed E-state index contributed by atoms with van der Waals surface area (Å²) in [5.41, 5.74) is 0.628. The van der Waals surface area contributed by atoms with Gasteiger partial charge in [-0.25, -0.2) is 0 Å². The summed E-state index contributed by atoms with van der Waals surface area (Å²) in [5.74, 6) is 0.439. The number of rotatable bonds is 4. The Balaban J connectivity index is 2.69. The fourth-order valence-electron chi connectivity index (χ4n) is 1.09. The first-order valence-corrected chi connectivity index (χ1v) is 4.60. The SMILES string of the molecule is CC(=O)Nc1ccccc1OCCC#N. The quantitative estimate of drug-likeness (QED) is 0.762. The number of carbonyl (C=O) groups is 1. The van der Waals surface area contributed by atoms with Crippen molar-refractivity contribution in [2.24, 2.45) is 0 Å². The fourth-order valence-corrected chi connectivity index (χ4v) is 1.09. The van der Waals surface area contributed by atoms with Crippen molar-refractivity contribution < 1.29 is 9.53 Å². The van der Waals surface area contributed by atoms with Gasteiger partial charge in [0.25, 0.3) is 0 Å². The molecule has 0 heterocycles. The topological polar surface area (TPSA) is 62.1 Å². The number of ether oxygens (including phenoxy) is 1. The van der Waals surface area contributed by atoms with E-state index in [-0.39, 0.29) is 5.91 Å². The standard InChI is InChI=1S/C11H12N2O2/c1-9(14)13-10-5-2-3-6-11(10)15-8-4-7-12/h2-3,5-6H,4,8H2,1H3,(H,13,14). The fraction of sp³-hybridized carbons (Fsp3) is 0.273. The second kappa shape index (κ2) is 5.66. The van der Waals surface area contributed by atoms with E-state index in [1.807, 2.05) is 18.2 Å². The van der Waals surface area contributed by atoms with Gasteiger partial charge < -0.3 is 10.1 Å². The van der Waals surface area contributed by atoms with Gasteiger partial charge in [-0.3, -0.25) is 4.79 Å². The van der Waals surface area contributed by atoms with E-state index >= 15 is 0 Å². The van der Waals surface area contributed by atoms with Gasteiger partial charge in [0, 0.05) is 6.92 Å². The number of carbonyl (C=O) groups excluding carboxylic acids is 1. The van der Waals surface area contributed by atoms with Gasteiger partial charge in [-0.1, -0.05) is 12.1 Å². The molecule has 0 bridgehead atoms. The molecular formula is C11H12N2O2. The lowest BCUT2D eigenvalue weighted by atomic mass is 10.3. The molecule has 1 amide bonds. The molecule has 4 nitrogen and oxygen atoms in total. The molecule has 78 valence electrons. The molecule has 0 saturated carbocycles. The number of hydrogen-bond acceptors (Lipinski definition) is 3. The van der Waals surface area contributed by atoms with Crippen LogP contribution in [0, 0.1) is 11.3 Å². The Morgan fingerprint density at radius 3 is 2.93 bits per heavy atom. The van der Waals surface area contributed by atoms with Gasteiger partial charge >= 0.3 is 0 Å². The van der Waals surface area contributed by atoms with Crippen LogP contribution in [0.4, 0.5) is 5.69 Å². The maximum absolute atomic E-state index is 10.9. The van der Waals surface area contributed by atoms with Crippen molar-refractivity contribution in [3.8, 4) is 11.8 Å². The third-order valence-corrected chi connectivity index (χ3v) is 1.67. The number of benzene rings is 1. The molecule has 0 aliphatic heterocycles. The predicted molar refractivity (Wildman–Crippen MR) is 56.5 cm³/mol. The Morgan fingerprint density at radius 2 is 2.27 bits per heavy atom. The lowest BCUT2D eigenvalue weighted by molar-refractivity contribution is -0.114. The molecule has 1 N–H and O–H groups in total. The van der Waals surface area contributed by atoms with E-state index in [0.29, 0.717) is 24.5 Å². The zero-order chi connectivity index (χ0) is 11.1. The van der Waals surface area contributed by atoms with Crippen molar-refractivity contribution in [2.75, 3.05) is 11.9 Å². The maximum atomic E-state index is 10.9. The van der Waals surface area contributed by atoms with Gasteiger partial charge in [-0.2, -0.15) is 5.26 Å². The lowest BCUT2D eigenvalue weighted by Gasteiger charge is -2.09. The van der Waals surface area contributed by atoms with E-state index < -0.39 is 0 Å². The first-order chi connectivity index (χ1) is 7.24. The largest absolute Gasteiger partial charge is 0.490 e. The average Bonchev–Trinajstić information content (AvgIpc) is 2.20. The molecule has 0 aliphatic rings. The van der Waals surface area contributed by atoms with Crippen molar-refractivity contribution in [1.82, 2.24) is 0 Å². The maximum Gasteiger partial charge on any atom is 0.221 e. The van der Waals surface area contributed by atoms with Crippen molar-refractivity contribution in [3.63, 3.8) is 0 Å². The van der Waals surface area contributed by atoms with Crippen LogP contribution >= 0.6 is 0 Å². The average molecular weight is 204 g/mol. The highest BCUT2D eigenvalue weighted by Crippen LogP contribution is 2.23. The van der Waals surface area contributed by atoms with Crippen molar-refractivity contribution in [2.45, 2.75) is 13.3 Å². The van der Waals surface area contributed by atoms with Crippen LogP contribution in [0.2, 0.25) is 0 Å². The summed E-state index contributed by atoms with van der Waals surface area (Å²) in [6.07, 6.45) is 0.328. The highest BCUT2D eigenvalue weighted by Gasteiger charge is 2.03. The van der Waals surface area contributed by atoms with Crippen LogP contribution in [0.15, 0.2) is 24.3 Å². The smallest absolute Gasteiger partial charge is 0.221 e. The van der Waals surface area contributed by atoms with Crippen molar-refractivity contribution in [3.05, 3.63) is 24.3 Å². The lowest BCUT2D eigenvalue weighted by Crippen LogP contribution is -2.08. The van der Waals surface area contributed by atoms with E-state index in [0.717, 1.165) is 0 Å². The van der Waals surface area contributed by atoms with E-state index in [9.17, 15) is 4.79 Å². The highest BCUT2D eigenvalue weighted by atomic mass is 16.5. The van der Waals surface area contributed by atoms with Gasteiger partial charge in [-0.05, 0) is 12.1 Å². The van der Waals surface area contributed by atoms with Gasteiger partial charge in [0.1, 0.15) is 12.4 Å². The van der Waals surface area contributed by atoms with Crippen LogP contribution in [0.3, 0.4) is 0 Å². The summed E-state index contributed by atoms with van der Waals surface area (Å²) in [7, 11) is 0. The predicted octanol–water partition coefficient (Wildman–Crippen LogP) is 1.94. The molecule has 0 saturated heterocycles. The summed E-state index contributed by atoms with van der Waals surface area (Å²) >= 11 is 0. The van der Waals surface area contributed by atoms with Crippen LogP contribution in [-0.4, -0.2) is 12.5 Å². The summed E-state index contributed by atoms with van der Waals surface area (Å²) in [6.45, 7) is 1.76. The number of nitrogens with zero attached hydrogens (tertiary/aromatic N) is 1. The molecule has 0 fully saturated rings. The monoisotopic (exact) mass is 204 g/mol. The summed E-state index contributed by atoms with van der Waals surface area (Å²) in [6, 6.07) is 9.11. The Morgan fingerprint density at radius 1 is 1.53 bits per heavy atom. The zero-order valence-corrected chi connectivity index (χ0v) is 8.49. The van der Waals surface area contributed by atoms with Crippen LogP contribution in [0.5, 0.6) is 5.75 Å². The summed E-state index contributed by atoms with van der Waals surface area (Å²) < 4.78 is 5.34. The molecule has 0 aliphatic carbocycles. The molecule has 0 unspecified atom stereocenters. The Bertz CT molecular complexity index is 382. The van der Waals surface area contributed by atoms with E-state index in [2.05, 4.69) is 5.32 Å². The summed E-state index contributed by atoms with van der Waals surface area (Å²) in [5, 5.41) is 11.0. The second-order valence-corrected chi connectivity index (χ2v) is 2.93. The van der Waals surface area contributed by atoms with Crippen LogP contribution in [0.1, 0.15) is 13.3 Å². The number of nitrogens with one attached hydrogen (secondary N) is 1. The molecule has 0 radical (unpaired) electrons. The van der Waals surface area contributed by atoms with Crippen LogP contribution in [0.25, 0.3) is 0 Å². The number of para-hydroxylation sites is 2. The molecule has 0 atom stereocenters. The van der Waals surface area contributed by atoms with Gasteiger partial charge in [0.05, 0.1) is 18.2 Å². The second-order valence-electron chi connectivity index (χ2n) is 2.93. The number of amides is 1. The first kappa shape index (κ1) is 11.1. The Kier molecular flexibility index (Phi) is 4.17. The molecular weight excluding hydrogens is 192 g/mol. The summed E-state index contributed by atoms with van der Waals surface area (Å²) in [4.78, 5) is 10.9. The zero-order valence-electron chi connectivity index (χ0n) is 8.49. The Labute approximate surface area is 88.5 Å². The first-order valence-electron chi connectivity index (χ1n) is 4.60. The van der Waals surface area contributed by atoms with Gasteiger partial charge in [0.15, 0.2) is 0 Å². The minimum absolute atomic E-state index is 0.147. The normalized spacial score (nSPS) is 9.07. The number of anilines is 1. The molecule has 1 aromatic rings. The van der Waals surface area contributed by atoms with Crippen molar-refractivity contribution in [1.29, 1.82) is 5.26 Å². The molecule has 15 heavy (non-hydrogen) atoms. The molecule has 1 aromatic carbocycles. The van der Waals surface area contributed by atoms with Gasteiger partial charge in [-0.15, -0.1) is 0 Å². The van der Waals surface area contributed by atoms with Crippen LogP contribution in [-0.2, 0) is 4.79 Å². The number of hydrogen-bond donors (Lipinski definition) is 1.